The van der Waals surface area contributed by atoms with E-state index in [2.05, 4.69) is 15.5 Å². The van der Waals surface area contributed by atoms with E-state index in [4.69, 9.17) is 4.74 Å². The van der Waals surface area contributed by atoms with Crippen molar-refractivity contribution in [3.63, 3.8) is 0 Å². The molecular formula is C16H22ClN3O2. The highest BCUT2D eigenvalue weighted by atomic mass is 35.5. The Hall–Kier alpha value is -2.01. The summed E-state index contributed by atoms with van der Waals surface area (Å²) in [5, 5.41) is 9.87. The first kappa shape index (κ1) is 18.0. The van der Waals surface area contributed by atoms with Crippen LogP contribution in [0.5, 0.6) is 0 Å². The Morgan fingerprint density at radius 1 is 1.18 bits per heavy atom. The summed E-state index contributed by atoms with van der Waals surface area (Å²) in [6.45, 7) is 9.45. The van der Waals surface area contributed by atoms with Gasteiger partial charge < -0.3 is 4.74 Å². The first-order valence-corrected chi connectivity index (χ1v) is 6.88. The zero-order chi connectivity index (χ0) is 15.6. The molecule has 0 aliphatic heterocycles. The van der Waals surface area contributed by atoms with Crippen molar-refractivity contribution in [3.05, 3.63) is 35.7 Å². The van der Waals surface area contributed by atoms with Crippen LogP contribution in [-0.2, 0) is 4.74 Å². The van der Waals surface area contributed by atoms with E-state index in [0.29, 0.717) is 5.69 Å². The molecule has 2 N–H and O–H groups in total. The number of hydrogen-bond acceptors (Lipinski definition) is 3. The van der Waals surface area contributed by atoms with Crippen molar-refractivity contribution in [2.75, 3.05) is 5.32 Å². The van der Waals surface area contributed by atoms with Crippen LogP contribution < -0.4 is 5.32 Å². The maximum atomic E-state index is 11.7. The van der Waals surface area contributed by atoms with E-state index in [9.17, 15) is 4.79 Å². The van der Waals surface area contributed by atoms with Crippen LogP contribution in [0, 0.1) is 13.8 Å². The highest BCUT2D eigenvalue weighted by molar-refractivity contribution is 5.86. The van der Waals surface area contributed by atoms with E-state index in [1.807, 2.05) is 58.9 Å². The smallest absolute Gasteiger partial charge is 0.412 e. The van der Waals surface area contributed by atoms with E-state index in [1.54, 1.807) is 0 Å². The van der Waals surface area contributed by atoms with Crippen molar-refractivity contribution < 1.29 is 9.53 Å². The number of carbonyl (C=O) groups is 1. The standard InChI is InChI=1S/C16H21N3O2.ClH/c1-10-14(11(2)19-18-10)12-6-8-13(9-7-12)17-15(20)21-16(3,4)5;/h6-9H,1-5H3,(H,17,20)(H,18,19);1H. The zero-order valence-corrected chi connectivity index (χ0v) is 14.3. The fourth-order valence-corrected chi connectivity index (χ4v) is 2.12. The summed E-state index contributed by atoms with van der Waals surface area (Å²) in [7, 11) is 0. The minimum atomic E-state index is -0.505. The van der Waals surface area contributed by atoms with Gasteiger partial charge in [0.15, 0.2) is 0 Å². The van der Waals surface area contributed by atoms with Gasteiger partial charge in [0.05, 0.1) is 5.69 Å². The molecule has 22 heavy (non-hydrogen) atoms. The van der Waals surface area contributed by atoms with Gasteiger partial charge in [-0.05, 0) is 52.3 Å². The second-order valence-electron chi connectivity index (χ2n) is 6.01. The first-order chi connectivity index (χ1) is 9.76. The number of halogens is 1. The van der Waals surface area contributed by atoms with Crippen LogP contribution in [0.1, 0.15) is 32.2 Å². The van der Waals surface area contributed by atoms with Crippen LogP contribution >= 0.6 is 12.4 Å². The molecule has 0 saturated heterocycles. The number of aromatic nitrogens is 2. The lowest BCUT2D eigenvalue weighted by atomic mass is 10.0. The summed E-state index contributed by atoms with van der Waals surface area (Å²) in [4.78, 5) is 11.7. The number of nitrogens with zero attached hydrogens (tertiary/aromatic N) is 1. The molecule has 5 nitrogen and oxygen atoms in total. The lowest BCUT2D eigenvalue weighted by molar-refractivity contribution is 0.0636. The molecule has 0 radical (unpaired) electrons. The molecule has 2 aromatic rings. The monoisotopic (exact) mass is 323 g/mol. The van der Waals surface area contributed by atoms with Crippen LogP contribution in [0.15, 0.2) is 24.3 Å². The van der Waals surface area contributed by atoms with Gasteiger partial charge in [-0.3, -0.25) is 10.4 Å². The molecule has 1 amide bonds. The fraction of sp³-hybridized carbons (Fsp3) is 0.375. The Bertz CT molecular complexity index is 623. The van der Waals surface area contributed by atoms with Crippen LogP contribution in [0.2, 0.25) is 0 Å². The van der Waals surface area contributed by atoms with Gasteiger partial charge in [0, 0.05) is 16.9 Å². The molecule has 0 saturated carbocycles. The minimum absolute atomic E-state index is 0. The van der Waals surface area contributed by atoms with E-state index in [1.165, 1.54) is 0 Å². The van der Waals surface area contributed by atoms with Crippen molar-refractivity contribution >= 4 is 24.2 Å². The third-order valence-electron chi connectivity index (χ3n) is 2.95. The van der Waals surface area contributed by atoms with Crippen molar-refractivity contribution in [3.8, 4) is 11.1 Å². The third-order valence-corrected chi connectivity index (χ3v) is 2.95. The second-order valence-corrected chi connectivity index (χ2v) is 6.01. The Balaban J connectivity index is 0.00000242. The van der Waals surface area contributed by atoms with E-state index in [-0.39, 0.29) is 12.4 Å². The number of nitrogens with one attached hydrogen (secondary N) is 2. The SMILES string of the molecule is Cc1n[nH]c(C)c1-c1ccc(NC(=O)OC(C)(C)C)cc1.Cl. The van der Waals surface area contributed by atoms with Gasteiger partial charge in [0.2, 0.25) is 0 Å². The Labute approximate surface area is 136 Å². The molecule has 0 aliphatic carbocycles. The molecule has 1 aromatic heterocycles. The van der Waals surface area contributed by atoms with Crippen molar-refractivity contribution in [1.82, 2.24) is 10.2 Å². The Kier molecular flexibility index (Phi) is 5.60. The number of aryl methyl sites for hydroxylation is 2. The van der Waals surface area contributed by atoms with Crippen LogP contribution in [0.25, 0.3) is 11.1 Å². The quantitative estimate of drug-likeness (QED) is 0.857. The molecule has 0 fully saturated rings. The van der Waals surface area contributed by atoms with Gasteiger partial charge in [-0.25, -0.2) is 4.79 Å². The number of carbonyl (C=O) groups excluding carboxylic acids is 1. The molecule has 0 bridgehead atoms. The van der Waals surface area contributed by atoms with E-state index < -0.39 is 11.7 Å². The second kappa shape index (κ2) is 6.83. The first-order valence-electron chi connectivity index (χ1n) is 6.88. The number of H-pyrrole nitrogens is 1. The lowest BCUT2D eigenvalue weighted by Crippen LogP contribution is -2.27. The van der Waals surface area contributed by atoms with Gasteiger partial charge in [-0.1, -0.05) is 12.1 Å². The topological polar surface area (TPSA) is 67.0 Å². The van der Waals surface area contributed by atoms with Gasteiger partial charge in [-0.2, -0.15) is 5.10 Å². The minimum Gasteiger partial charge on any atom is -0.444 e. The molecule has 0 unspecified atom stereocenters. The molecule has 2 rings (SSSR count). The maximum absolute atomic E-state index is 11.7. The van der Waals surface area contributed by atoms with Crippen LogP contribution in [0.4, 0.5) is 10.5 Å². The Morgan fingerprint density at radius 2 is 1.77 bits per heavy atom. The maximum Gasteiger partial charge on any atom is 0.412 e. The third kappa shape index (κ3) is 4.49. The molecule has 1 aromatic carbocycles. The summed E-state index contributed by atoms with van der Waals surface area (Å²) >= 11 is 0. The number of anilines is 1. The Morgan fingerprint density at radius 3 is 2.23 bits per heavy atom. The van der Waals surface area contributed by atoms with Gasteiger partial charge in [0.25, 0.3) is 0 Å². The van der Waals surface area contributed by atoms with Crippen molar-refractivity contribution in [2.45, 2.75) is 40.2 Å². The molecule has 120 valence electrons. The molecular weight excluding hydrogens is 302 g/mol. The predicted octanol–water partition coefficient (Wildman–Crippen LogP) is 4.46. The van der Waals surface area contributed by atoms with Gasteiger partial charge >= 0.3 is 6.09 Å². The number of ether oxygens (including phenoxy) is 1. The zero-order valence-electron chi connectivity index (χ0n) is 13.5. The number of rotatable bonds is 2. The average Bonchev–Trinajstić information content (AvgIpc) is 2.68. The molecule has 1 heterocycles. The molecule has 0 aliphatic rings. The van der Waals surface area contributed by atoms with Gasteiger partial charge in [0.1, 0.15) is 5.60 Å². The summed E-state index contributed by atoms with van der Waals surface area (Å²) in [6, 6.07) is 7.62. The fourth-order valence-electron chi connectivity index (χ4n) is 2.12. The number of amides is 1. The lowest BCUT2D eigenvalue weighted by Gasteiger charge is -2.19. The summed E-state index contributed by atoms with van der Waals surface area (Å²) < 4.78 is 5.22. The molecule has 0 spiro atoms. The van der Waals surface area contributed by atoms with Crippen molar-refractivity contribution in [2.24, 2.45) is 0 Å². The largest absolute Gasteiger partial charge is 0.444 e. The van der Waals surface area contributed by atoms with Gasteiger partial charge in [-0.15, -0.1) is 12.4 Å². The molecule has 6 heteroatoms. The number of aromatic amines is 1. The highest BCUT2D eigenvalue weighted by Gasteiger charge is 2.16. The van der Waals surface area contributed by atoms with Crippen LogP contribution in [-0.4, -0.2) is 21.9 Å². The normalized spacial score (nSPS) is 10.8. The predicted molar refractivity (Wildman–Crippen MR) is 90.6 cm³/mol. The van der Waals surface area contributed by atoms with Crippen LogP contribution in [0.3, 0.4) is 0 Å². The highest BCUT2D eigenvalue weighted by Crippen LogP contribution is 2.26. The van der Waals surface area contributed by atoms with Crippen molar-refractivity contribution in [1.29, 1.82) is 0 Å². The van der Waals surface area contributed by atoms with E-state index in [0.717, 1.165) is 22.5 Å². The summed E-state index contributed by atoms with van der Waals surface area (Å²) in [6.07, 6.45) is -0.453. The number of benzene rings is 1. The summed E-state index contributed by atoms with van der Waals surface area (Å²) in [5.74, 6) is 0. The van der Waals surface area contributed by atoms with E-state index >= 15 is 0 Å². The number of hydrogen-bond donors (Lipinski definition) is 2. The average molecular weight is 324 g/mol. The summed E-state index contributed by atoms with van der Waals surface area (Å²) in [5.41, 5.74) is 4.34. The molecule has 0 atom stereocenters.